The Hall–Kier alpha value is -1.34. The topological polar surface area (TPSA) is 72.1 Å². The Balaban J connectivity index is 0.00000192. The van der Waals surface area contributed by atoms with Crippen molar-refractivity contribution in [1.82, 2.24) is 15.1 Å². The van der Waals surface area contributed by atoms with Gasteiger partial charge in [-0.2, -0.15) is 0 Å². The summed E-state index contributed by atoms with van der Waals surface area (Å²) in [6, 6.07) is 11.1. The summed E-state index contributed by atoms with van der Waals surface area (Å²) in [5, 5.41) is 9.49. The van der Waals surface area contributed by atoms with E-state index in [0.29, 0.717) is 28.8 Å². The van der Waals surface area contributed by atoms with Crippen LogP contribution in [0.15, 0.2) is 46.3 Å². The van der Waals surface area contributed by atoms with E-state index in [0.717, 1.165) is 11.3 Å². The van der Waals surface area contributed by atoms with Crippen LogP contribution in [-0.4, -0.2) is 40.1 Å². The highest BCUT2D eigenvalue weighted by molar-refractivity contribution is 7.99. The van der Waals surface area contributed by atoms with Crippen LogP contribution in [-0.2, 0) is 0 Å². The number of amides is 1. The summed E-state index contributed by atoms with van der Waals surface area (Å²) in [5.74, 6) is -0.116. The van der Waals surface area contributed by atoms with E-state index in [1.54, 1.807) is 17.0 Å². The highest BCUT2D eigenvalue weighted by Gasteiger charge is 2.25. The molecule has 0 aliphatic carbocycles. The van der Waals surface area contributed by atoms with Crippen LogP contribution in [0.2, 0.25) is 5.02 Å². The maximum Gasteiger partial charge on any atom is 0.274 e. The number of likely N-dealkylation sites (tertiary alicyclic amines) is 1. The van der Waals surface area contributed by atoms with Gasteiger partial charge in [0.15, 0.2) is 5.69 Å². The number of aromatic nitrogens is 2. The van der Waals surface area contributed by atoms with Gasteiger partial charge in [0.1, 0.15) is 5.03 Å². The average molecular weight is 371 g/mol. The number of nitrogens with two attached hydrogens (primary N) is 1. The van der Waals surface area contributed by atoms with Crippen molar-refractivity contribution >= 4 is 41.7 Å². The second-order valence-electron chi connectivity index (χ2n) is 5.09. The quantitative estimate of drug-likeness (QED) is 0.898. The normalized spacial score (nSPS) is 17.0. The molecule has 0 unspecified atom stereocenters. The Labute approximate surface area is 150 Å². The van der Waals surface area contributed by atoms with Crippen LogP contribution >= 0.6 is 35.8 Å². The van der Waals surface area contributed by atoms with Gasteiger partial charge in [0.2, 0.25) is 0 Å². The fourth-order valence-electron chi connectivity index (χ4n) is 2.26. The highest BCUT2D eigenvalue weighted by Crippen LogP contribution is 2.31. The Morgan fingerprint density at radius 1 is 1.26 bits per heavy atom. The van der Waals surface area contributed by atoms with Crippen LogP contribution in [0.4, 0.5) is 0 Å². The first-order chi connectivity index (χ1) is 10.6. The zero-order valence-electron chi connectivity index (χ0n) is 12.2. The lowest BCUT2D eigenvalue weighted by Gasteiger charge is -2.14. The molecule has 1 aromatic carbocycles. The van der Waals surface area contributed by atoms with Gasteiger partial charge in [0.05, 0.1) is 5.02 Å². The van der Waals surface area contributed by atoms with E-state index < -0.39 is 0 Å². The van der Waals surface area contributed by atoms with Gasteiger partial charge in [-0.3, -0.25) is 4.79 Å². The molecule has 122 valence electrons. The van der Waals surface area contributed by atoms with E-state index in [-0.39, 0.29) is 24.4 Å². The zero-order valence-corrected chi connectivity index (χ0v) is 14.6. The van der Waals surface area contributed by atoms with E-state index in [1.165, 1.54) is 11.8 Å². The van der Waals surface area contributed by atoms with Crippen LogP contribution in [0, 0.1) is 0 Å². The molecule has 2 N–H and O–H groups in total. The Morgan fingerprint density at radius 3 is 2.65 bits per heavy atom. The predicted octanol–water partition coefficient (Wildman–Crippen LogP) is 2.88. The third-order valence-corrected chi connectivity index (χ3v) is 4.87. The molecule has 1 saturated heterocycles. The molecule has 1 aromatic heterocycles. The molecule has 2 heterocycles. The molecule has 1 atom stereocenters. The van der Waals surface area contributed by atoms with Gasteiger partial charge < -0.3 is 10.6 Å². The second-order valence-corrected chi connectivity index (χ2v) is 6.56. The molecule has 0 radical (unpaired) electrons. The van der Waals surface area contributed by atoms with Crippen molar-refractivity contribution in [2.24, 2.45) is 5.73 Å². The van der Waals surface area contributed by atoms with Gasteiger partial charge in [-0.15, -0.1) is 22.6 Å². The van der Waals surface area contributed by atoms with Crippen molar-refractivity contribution in [3.05, 3.63) is 47.1 Å². The summed E-state index contributed by atoms with van der Waals surface area (Å²) >= 11 is 7.53. The third-order valence-electron chi connectivity index (χ3n) is 3.42. The largest absolute Gasteiger partial charge is 0.336 e. The average Bonchev–Trinajstić information content (AvgIpc) is 2.96. The Morgan fingerprint density at radius 2 is 2.04 bits per heavy atom. The Bertz CT molecular complexity index is 683. The highest BCUT2D eigenvalue weighted by atomic mass is 35.5. The van der Waals surface area contributed by atoms with Crippen molar-refractivity contribution in [2.75, 3.05) is 13.1 Å². The summed E-state index contributed by atoms with van der Waals surface area (Å²) in [5.41, 5.74) is 6.16. The molecule has 5 nitrogen and oxygen atoms in total. The number of halogens is 2. The van der Waals surface area contributed by atoms with E-state index in [4.69, 9.17) is 17.3 Å². The van der Waals surface area contributed by atoms with Crippen LogP contribution in [0.25, 0.3) is 0 Å². The van der Waals surface area contributed by atoms with Crippen molar-refractivity contribution in [1.29, 1.82) is 0 Å². The molecular weight excluding hydrogens is 355 g/mol. The molecule has 1 aliphatic rings. The molecule has 2 aromatic rings. The Kier molecular flexibility index (Phi) is 6.24. The molecule has 1 aliphatic heterocycles. The molecule has 1 fully saturated rings. The minimum absolute atomic E-state index is 0. The third kappa shape index (κ3) is 4.35. The SMILES string of the molecule is Cl.N[C@@H]1CCN(C(=O)c2ccc(Sc3ccccc3Cl)nn2)C1. The molecule has 8 heteroatoms. The second kappa shape index (κ2) is 7.97. The van der Waals surface area contributed by atoms with Crippen LogP contribution in [0.5, 0.6) is 0 Å². The number of rotatable bonds is 3. The van der Waals surface area contributed by atoms with Gasteiger partial charge in [-0.1, -0.05) is 35.5 Å². The van der Waals surface area contributed by atoms with Gasteiger partial charge in [-0.25, -0.2) is 0 Å². The minimum atomic E-state index is -0.116. The minimum Gasteiger partial charge on any atom is -0.336 e. The molecule has 3 rings (SSSR count). The fraction of sp³-hybridized carbons (Fsp3) is 0.267. The van der Waals surface area contributed by atoms with Crippen molar-refractivity contribution in [2.45, 2.75) is 22.4 Å². The van der Waals surface area contributed by atoms with E-state index in [1.807, 2.05) is 24.3 Å². The summed E-state index contributed by atoms with van der Waals surface area (Å²) in [4.78, 5) is 14.9. The number of hydrogen-bond acceptors (Lipinski definition) is 5. The number of carbonyl (C=O) groups is 1. The van der Waals surface area contributed by atoms with E-state index >= 15 is 0 Å². The van der Waals surface area contributed by atoms with Gasteiger partial charge in [-0.05, 0) is 30.7 Å². The van der Waals surface area contributed by atoms with Crippen LogP contribution < -0.4 is 5.73 Å². The number of hydrogen-bond donors (Lipinski definition) is 1. The van der Waals surface area contributed by atoms with Gasteiger partial charge in [0, 0.05) is 24.0 Å². The summed E-state index contributed by atoms with van der Waals surface area (Å²) in [6.45, 7) is 1.26. The molecule has 0 spiro atoms. The number of benzene rings is 1. The number of nitrogens with zero attached hydrogens (tertiary/aromatic N) is 3. The van der Waals surface area contributed by atoms with E-state index in [9.17, 15) is 4.79 Å². The summed E-state index contributed by atoms with van der Waals surface area (Å²) < 4.78 is 0. The van der Waals surface area contributed by atoms with Gasteiger partial charge >= 0.3 is 0 Å². The molecule has 0 saturated carbocycles. The maximum atomic E-state index is 12.3. The molecule has 0 bridgehead atoms. The summed E-state index contributed by atoms with van der Waals surface area (Å²) in [7, 11) is 0. The standard InChI is InChI=1S/C15H15ClN4OS.ClH/c16-11-3-1-2-4-13(11)22-14-6-5-12(18-19-14)15(21)20-8-7-10(17)9-20;/h1-6,10H,7-9,17H2;1H/t10-;/m1./s1. The molecule has 1 amide bonds. The molecular formula is C15H16Cl2N4OS. The number of carbonyl (C=O) groups excluding carboxylic acids is 1. The van der Waals surface area contributed by atoms with Crippen LogP contribution in [0.1, 0.15) is 16.9 Å². The monoisotopic (exact) mass is 370 g/mol. The lowest BCUT2D eigenvalue weighted by molar-refractivity contribution is 0.0783. The first-order valence-electron chi connectivity index (χ1n) is 6.94. The van der Waals surface area contributed by atoms with Crippen molar-refractivity contribution in [3.8, 4) is 0 Å². The maximum absolute atomic E-state index is 12.3. The predicted molar refractivity (Wildman–Crippen MR) is 93.4 cm³/mol. The molecule has 23 heavy (non-hydrogen) atoms. The lowest BCUT2D eigenvalue weighted by atomic mass is 10.3. The van der Waals surface area contributed by atoms with Crippen molar-refractivity contribution in [3.63, 3.8) is 0 Å². The van der Waals surface area contributed by atoms with Gasteiger partial charge in [0.25, 0.3) is 5.91 Å². The van der Waals surface area contributed by atoms with E-state index in [2.05, 4.69) is 10.2 Å². The summed E-state index contributed by atoms with van der Waals surface area (Å²) in [6.07, 6.45) is 0.833. The van der Waals surface area contributed by atoms with Crippen LogP contribution in [0.3, 0.4) is 0 Å². The first kappa shape index (κ1) is 18.0. The first-order valence-corrected chi connectivity index (χ1v) is 8.14. The smallest absolute Gasteiger partial charge is 0.274 e. The van der Waals surface area contributed by atoms with Crippen molar-refractivity contribution < 1.29 is 4.79 Å². The lowest BCUT2D eigenvalue weighted by Crippen LogP contribution is -2.32. The zero-order chi connectivity index (χ0) is 15.5. The fourth-order valence-corrected chi connectivity index (χ4v) is 3.27.